The molecule has 0 radical (unpaired) electrons. The highest BCUT2D eigenvalue weighted by atomic mass is 35.5. The Morgan fingerprint density at radius 2 is 2.14 bits per heavy atom. The van der Waals surface area contributed by atoms with Crippen LogP contribution in [0.15, 0.2) is 12.1 Å². The van der Waals surface area contributed by atoms with Crippen LogP contribution < -0.4 is 24.8 Å². The number of hydrogen-bond donors (Lipinski definition) is 3. The SMILES string of the molecule is COc1cc(CNCC2CNCC2O)cc2c1OCCO2.Cl. The van der Waals surface area contributed by atoms with Gasteiger partial charge in [-0.2, -0.15) is 0 Å². The number of aliphatic hydroxyl groups is 1. The maximum Gasteiger partial charge on any atom is 0.203 e. The lowest BCUT2D eigenvalue weighted by Gasteiger charge is -2.22. The molecule has 1 aromatic carbocycles. The summed E-state index contributed by atoms with van der Waals surface area (Å²) in [5.74, 6) is 2.39. The van der Waals surface area contributed by atoms with Crippen molar-refractivity contribution in [2.75, 3.05) is 40.0 Å². The van der Waals surface area contributed by atoms with Crippen LogP contribution in [0.3, 0.4) is 0 Å². The van der Waals surface area contributed by atoms with Gasteiger partial charge in [0, 0.05) is 32.1 Å². The number of methoxy groups -OCH3 is 1. The normalized spacial score (nSPS) is 23.0. The lowest BCUT2D eigenvalue weighted by atomic mass is 10.1. The number of aliphatic hydroxyl groups excluding tert-OH is 1. The predicted octanol–water partition coefficient (Wildman–Crippen LogP) is 0.558. The maximum absolute atomic E-state index is 9.77. The minimum absolute atomic E-state index is 0. The second-order valence-corrected chi connectivity index (χ2v) is 5.44. The molecule has 2 atom stereocenters. The Bertz CT molecular complexity index is 483. The van der Waals surface area contributed by atoms with Crippen molar-refractivity contribution in [2.24, 2.45) is 5.92 Å². The Balaban J connectivity index is 0.00000176. The van der Waals surface area contributed by atoms with Gasteiger partial charge < -0.3 is 30.0 Å². The van der Waals surface area contributed by atoms with Crippen molar-refractivity contribution < 1.29 is 19.3 Å². The maximum atomic E-state index is 9.77. The van der Waals surface area contributed by atoms with Gasteiger partial charge in [-0.05, 0) is 17.7 Å². The Morgan fingerprint density at radius 3 is 2.86 bits per heavy atom. The first-order chi connectivity index (χ1) is 10.3. The highest BCUT2D eigenvalue weighted by Gasteiger charge is 2.24. The van der Waals surface area contributed by atoms with E-state index in [1.165, 1.54) is 0 Å². The van der Waals surface area contributed by atoms with E-state index < -0.39 is 0 Å². The quantitative estimate of drug-likeness (QED) is 0.733. The van der Waals surface area contributed by atoms with Gasteiger partial charge in [-0.3, -0.25) is 0 Å². The number of benzene rings is 1. The molecule has 2 heterocycles. The van der Waals surface area contributed by atoms with Crippen LogP contribution in [0.5, 0.6) is 17.2 Å². The van der Waals surface area contributed by atoms with E-state index in [9.17, 15) is 5.11 Å². The summed E-state index contributed by atoms with van der Waals surface area (Å²) in [5.41, 5.74) is 1.08. The average Bonchev–Trinajstić information content (AvgIpc) is 2.92. The molecule has 2 aliphatic rings. The lowest BCUT2D eigenvalue weighted by molar-refractivity contribution is 0.146. The summed E-state index contributed by atoms with van der Waals surface area (Å²) >= 11 is 0. The van der Waals surface area contributed by atoms with E-state index in [0.717, 1.165) is 24.4 Å². The van der Waals surface area contributed by atoms with Crippen LogP contribution in [-0.2, 0) is 6.54 Å². The number of β-amino-alcohol motifs (C(OH)–C–C–N with tert-alkyl or cyclic N) is 1. The number of ether oxygens (including phenoxy) is 3. The third kappa shape index (κ3) is 3.76. The fourth-order valence-electron chi connectivity index (χ4n) is 2.76. The summed E-state index contributed by atoms with van der Waals surface area (Å²) in [6, 6.07) is 3.94. The zero-order valence-corrected chi connectivity index (χ0v) is 13.4. The van der Waals surface area contributed by atoms with Crippen molar-refractivity contribution in [1.29, 1.82) is 0 Å². The molecule has 2 unspecified atom stereocenters. The molecule has 0 spiro atoms. The first-order valence-corrected chi connectivity index (χ1v) is 7.34. The smallest absolute Gasteiger partial charge is 0.203 e. The second-order valence-electron chi connectivity index (χ2n) is 5.44. The van der Waals surface area contributed by atoms with Gasteiger partial charge in [0.15, 0.2) is 11.5 Å². The molecule has 1 aromatic rings. The van der Waals surface area contributed by atoms with Crippen LogP contribution in [0.1, 0.15) is 5.56 Å². The van der Waals surface area contributed by atoms with E-state index in [2.05, 4.69) is 10.6 Å². The Morgan fingerprint density at radius 1 is 1.32 bits per heavy atom. The molecule has 0 saturated carbocycles. The van der Waals surface area contributed by atoms with Gasteiger partial charge >= 0.3 is 0 Å². The van der Waals surface area contributed by atoms with Crippen LogP contribution >= 0.6 is 12.4 Å². The summed E-state index contributed by atoms with van der Waals surface area (Å²) < 4.78 is 16.6. The number of rotatable bonds is 5. The monoisotopic (exact) mass is 330 g/mol. The molecule has 6 nitrogen and oxygen atoms in total. The van der Waals surface area contributed by atoms with E-state index in [4.69, 9.17) is 14.2 Å². The van der Waals surface area contributed by atoms with Crippen LogP contribution in [0.25, 0.3) is 0 Å². The fraction of sp³-hybridized carbons (Fsp3) is 0.600. The standard InChI is InChI=1S/C15H22N2O4.ClH/c1-19-13-4-10(5-14-15(13)21-3-2-20-14)6-16-7-11-8-17-9-12(11)18;/h4-5,11-12,16-18H,2-3,6-9H2,1H3;1H. The Labute approximate surface area is 136 Å². The van der Waals surface area contributed by atoms with Crippen LogP contribution in [0.2, 0.25) is 0 Å². The third-order valence-corrected chi connectivity index (χ3v) is 3.93. The third-order valence-electron chi connectivity index (χ3n) is 3.93. The van der Waals surface area contributed by atoms with Crippen molar-refractivity contribution in [3.05, 3.63) is 17.7 Å². The van der Waals surface area contributed by atoms with Gasteiger partial charge in [-0.1, -0.05) is 0 Å². The summed E-state index contributed by atoms with van der Waals surface area (Å²) in [6.07, 6.45) is -0.257. The molecule has 0 aliphatic carbocycles. The molecular formula is C15H23ClN2O4. The van der Waals surface area contributed by atoms with Crippen molar-refractivity contribution in [3.63, 3.8) is 0 Å². The largest absolute Gasteiger partial charge is 0.493 e. The first kappa shape index (κ1) is 17.1. The second kappa shape index (κ2) is 7.87. The number of halogens is 1. The highest BCUT2D eigenvalue weighted by Crippen LogP contribution is 2.40. The van der Waals surface area contributed by atoms with E-state index in [-0.39, 0.29) is 24.4 Å². The summed E-state index contributed by atoms with van der Waals surface area (Å²) in [7, 11) is 1.63. The van der Waals surface area contributed by atoms with E-state index >= 15 is 0 Å². The zero-order valence-electron chi connectivity index (χ0n) is 12.6. The van der Waals surface area contributed by atoms with Crippen LogP contribution in [0, 0.1) is 5.92 Å². The van der Waals surface area contributed by atoms with Crippen molar-refractivity contribution >= 4 is 12.4 Å². The topological polar surface area (TPSA) is 72.0 Å². The number of fused-ring (bicyclic) bond motifs is 1. The predicted molar refractivity (Wildman–Crippen MR) is 85.3 cm³/mol. The Kier molecular flexibility index (Phi) is 6.14. The highest BCUT2D eigenvalue weighted by molar-refractivity contribution is 5.85. The summed E-state index contributed by atoms with van der Waals surface area (Å²) in [4.78, 5) is 0. The molecular weight excluding hydrogens is 308 g/mol. The van der Waals surface area contributed by atoms with Crippen molar-refractivity contribution in [3.8, 4) is 17.2 Å². The van der Waals surface area contributed by atoms with E-state index in [1.54, 1.807) is 7.11 Å². The van der Waals surface area contributed by atoms with Crippen molar-refractivity contribution in [1.82, 2.24) is 10.6 Å². The molecule has 0 bridgehead atoms. The molecule has 22 heavy (non-hydrogen) atoms. The van der Waals surface area contributed by atoms with Gasteiger partial charge in [0.1, 0.15) is 13.2 Å². The molecule has 1 fully saturated rings. The number of hydrogen-bond acceptors (Lipinski definition) is 6. The van der Waals surface area contributed by atoms with Gasteiger partial charge in [0.05, 0.1) is 13.2 Å². The molecule has 3 rings (SSSR count). The molecule has 3 N–H and O–H groups in total. The van der Waals surface area contributed by atoms with E-state index in [0.29, 0.717) is 37.8 Å². The minimum atomic E-state index is -0.257. The summed E-state index contributed by atoms with van der Waals surface area (Å²) in [6.45, 7) is 4.14. The van der Waals surface area contributed by atoms with Gasteiger partial charge in [0.2, 0.25) is 5.75 Å². The zero-order chi connectivity index (χ0) is 14.7. The molecule has 1 saturated heterocycles. The first-order valence-electron chi connectivity index (χ1n) is 7.34. The average molecular weight is 331 g/mol. The van der Waals surface area contributed by atoms with Gasteiger partial charge in [0.25, 0.3) is 0 Å². The molecule has 0 aromatic heterocycles. The fourth-order valence-corrected chi connectivity index (χ4v) is 2.76. The molecule has 2 aliphatic heterocycles. The molecule has 124 valence electrons. The molecule has 7 heteroatoms. The van der Waals surface area contributed by atoms with E-state index in [1.807, 2.05) is 12.1 Å². The van der Waals surface area contributed by atoms with Gasteiger partial charge in [-0.25, -0.2) is 0 Å². The molecule has 0 amide bonds. The minimum Gasteiger partial charge on any atom is -0.493 e. The van der Waals surface area contributed by atoms with Gasteiger partial charge in [-0.15, -0.1) is 12.4 Å². The lowest BCUT2D eigenvalue weighted by Crippen LogP contribution is -2.30. The number of nitrogens with one attached hydrogen (secondary N) is 2. The van der Waals surface area contributed by atoms with Crippen LogP contribution in [0.4, 0.5) is 0 Å². The summed E-state index contributed by atoms with van der Waals surface area (Å²) in [5, 5.41) is 16.3. The Hall–Kier alpha value is -1.21. The van der Waals surface area contributed by atoms with Crippen LogP contribution in [-0.4, -0.2) is 51.2 Å². The van der Waals surface area contributed by atoms with Crippen molar-refractivity contribution in [2.45, 2.75) is 12.6 Å².